The third-order valence-corrected chi connectivity index (χ3v) is 5.02. The van der Waals surface area contributed by atoms with Crippen molar-refractivity contribution in [3.05, 3.63) is 76.5 Å². The lowest BCUT2D eigenvalue weighted by molar-refractivity contribution is -0.123. The molecular formula is C22H20N4O5. The van der Waals surface area contributed by atoms with Gasteiger partial charge in [-0.2, -0.15) is 0 Å². The maximum absolute atomic E-state index is 12.9. The molecule has 2 heterocycles. The Labute approximate surface area is 176 Å². The number of para-hydroxylation sites is 1. The largest absolute Gasteiger partial charge is 0.449 e. The predicted octanol–water partition coefficient (Wildman–Crippen LogP) is 2.81. The maximum atomic E-state index is 12.9. The zero-order valence-corrected chi connectivity index (χ0v) is 17.2. The maximum Gasteiger partial charge on any atom is 0.339 e. The van der Waals surface area contributed by atoms with Crippen molar-refractivity contribution < 1.29 is 18.7 Å². The van der Waals surface area contributed by atoms with Crippen LogP contribution < -0.4 is 10.9 Å². The molecule has 2 aromatic heterocycles. The second-order valence-electron chi connectivity index (χ2n) is 7.01. The first-order chi connectivity index (χ1) is 14.9. The van der Waals surface area contributed by atoms with Crippen molar-refractivity contribution in [3.63, 3.8) is 0 Å². The molecule has 2 aromatic carbocycles. The molecule has 4 rings (SSSR count). The van der Waals surface area contributed by atoms with Crippen LogP contribution in [0.3, 0.4) is 0 Å². The number of hydrogen-bond donors (Lipinski definition) is 1. The molecule has 0 aliphatic carbocycles. The van der Waals surface area contributed by atoms with Crippen LogP contribution in [0.1, 0.15) is 23.0 Å². The molecule has 4 aromatic rings. The van der Waals surface area contributed by atoms with Crippen LogP contribution in [0.25, 0.3) is 16.8 Å². The minimum Gasteiger partial charge on any atom is -0.449 e. The number of carbonyl (C=O) groups excluding carboxylic acids is 2. The topological polar surface area (TPSA) is 108 Å². The number of nitrogens with zero attached hydrogens (tertiary/aromatic N) is 3. The number of aromatic nitrogens is 3. The highest BCUT2D eigenvalue weighted by Gasteiger charge is 2.24. The van der Waals surface area contributed by atoms with Gasteiger partial charge in [-0.15, -0.1) is 0 Å². The molecule has 0 bridgehead atoms. The van der Waals surface area contributed by atoms with Crippen LogP contribution in [0.5, 0.6) is 0 Å². The second-order valence-corrected chi connectivity index (χ2v) is 7.01. The molecular weight excluding hydrogens is 400 g/mol. The zero-order valence-electron chi connectivity index (χ0n) is 17.2. The number of oxazole rings is 1. The quantitative estimate of drug-likeness (QED) is 0.498. The molecule has 0 fully saturated rings. The molecule has 1 unspecified atom stereocenters. The van der Waals surface area contributed by atoms with Crippen molar-refractivity contribution in [3.8, 4) is 5.69 Å². The van der Waals surface area contributed by atoms with Crippen molar-refractivity contribution >= 4 is 28.7 Å². The van der Waals surface area contributed by atoms with Gasteiger partial charge in [0, 0.05) is 7.05 Å². The van der Waals surface area contributed by atoms with E-state index in [0.29, 0.717) is 22.5 Å². The summed E-state index contributed by atoms with van der Waals surface area (Å²) in [6.07, 6.45) is 0.155. The molecule has 9 heteroatoms. The third-order valence-electron chi connectivity index (χ3n) is 5.02. The molecule has 0 saturated carbocycles. The fourth-order valence-electron chi connectivity index (χ4n) is 3.20. The summed E-state index contributed by atoms with van der Waals surface area (Å²) in [6.45, 7) is 3.16. The molecule has 0 saturated heterocycles. The number of esters is 1. The van der Waals surface area contributed by atoms with E-state index in [1.165, 1.54) is 30.1 Å². The summed E-state index contributed by atoms with van der Waals surface area (Å²) in [5.41, 5.74) is 2.25. The Morgan fingerprint density at radius 2 is 1.90 bits per heavy atom. The van der Waals surface area contributed by atoms with E-state index in [1.54, 1.807) is 36.9 Å². The highest BCUT2D eigenvalue weighted by molar-refractivity contribution is 5.98. The first kappa shape index (κ1) is 20.1. The van der Waals surface area contributed by atoms with Gasteiger partial charge in [0.1, 0.15) is 11.2 Å². The van der Waals surface area contributed by atoms with Gasteiger partial charge < -0.3 is 14.5 Å². The molecule has 1 atom stereocenters. The molecule has 0 spiro atoms. The molecule has 0 aliphatic heterocycles. The molecule has 1 amide bonds. The molecule has 158 valence electrons. The molecule has 0 aliphatic rings. The van der Waals surface area contributed by atoms with E-state index in [1.807, 2.05) is 18.2 Å². The zero-order chi connectivity index (χ0) is 22.1. The lowest BCUT2D eigenvalue weighted by atomic mass is 10.2. The van der Waals surface area contributed by atoms with Crippen LogP contribution in [0.15, 0.2) is 64.1 Å². The lowest BCUT2D eigenvalue weighted by Gasteiger charge is -2.13. The Morgan fingerprint density at radius 3 is 2.65 bits per heavy atom. The number of anilines is 1. The fourth-order valence-corrected chi connectivity index (χ4v) is 3.20. The van der Waals surface area contributed by atoms with Gasteiger partial charge in [-0.1, -0.05) is 18.2 Å². The average molecular weight is 420 g/mol. The average Bonchev–Trinajstić information content (AvgIpc) is 3.32. The van der Waals surface area contributed by atoms with Gasteiger partial charge in [-0.3, -0.25) is 14.3 Å². The first-order valence-electron chi connectivity index (χ1n) is 9.56. The summed E-state index contributed by atoms with van der Waals surface area (Å²) < 4.78 is 13.5. The summed E-state index contributed by atoms with van der Waals surface area (Å²) in [4.78, 5) is 42.0. The highest BCUT2D eigenvalue weighted by atomic mass is 16.5. The van der Waals surface area contributed by atoms with E-state index >= 15 is 0 Å². The minimum absolute atomic E-state index is 0.127. The number of fused-ring (bicyclic) bond motifs is 1. The van der Waals surface area contributed by atoms with Crippen LogP contribution >= 0.6 is 0 Å². The summed E-state index contributed by atoms with van der Waals surface area (Å²) >= 11 is 0. The number of nitrogens with one attached hydrogen (secondary N) is 1. The molecule has 31 heavy (non-hydrogen) atoms. The number of benzene rings is 2. The van der Waals surface area contributed by atoms with E-state index in [2.05, 4.69) is 10.3 Å². The Bertz CT molecular complexity index is 1330. The summed E-state index contributed by atoms with van der Waals surface area (Å²) in [6, 6.07) is 13.7. The number of rotatable bonds is 5. The Morgan fingerprint density at radius 1 is 1.16 bits per heavy atom. The summed E-state index contributed by atoms with van der Waals surface area (Å²) in [5.74, 6) is -1.30. The fraction of sp³-hybridized carbons (Fsp3) is 0.182. The Hall–Kier alpha value is -4.14. The van der Waals surface area contributed by atoms with E-state index in [9.17, 15) is 14.4 Å². The summed E-state index contributed by atoms with van der Waals surface area (Å²) in [5, 5.41) is 2.59. The van der Waals surface area contributed by atoms with E-state index in [4.69, 9.17) is 9.15 Å². The summed E-state index contributed by atoms with van der Waals surface area (Å²) in [7, 11) is 1.72. The van der Waals surface area contributed by atoms with Gasteiger partial charge in [0.2, 0.25) is 0 Å². The molecule has 1 N–H and O–H groups in total. The van der Waals surface area contributed by atoms with Gasteiger partial charge in [0.15, 0.2) is 18.1 Å². The van der Waals surface area contributed by atoms with E-state index in [0.717, 1.165) is 0 Å². The van der Waals surface area contributed by atoms with Crippen molar-refractivity contribution in [2.75, 3.05) is 5.32 Å². The second kappa shape index (κ2) is 7.94. The predicted molar refractivity (Wildman–Crippen MR) is 113 cm³/mol. The normalized spacial score (nSPS) is 12.0. The monoisotopic (exact) mass is 420 g/mol. The van der Waals surface area contributed by atoms with Gasteiger partial charge in [-0.25, -0.2) is 14.5 Å². The van der Waals surface area contributed by atoms with E-state index in [-0.39, 0.29) is 16.8 Å². The number of ether oxygens (including phenoxy) is 1. The van der Waals surface area contributed by atoms with E-state index < -0.39 is 18.0 Å². The molecule has 9 nitrogen and oxygen atoms in total. The van der Waals surface area contributed by atoms with Crippen LogP contribution in [0, 0.1) is 6.92 Å². The van der Waals surface area contributed by atoms with Crippen molar-refractivity contribution in [2.24, 2.45) is 7.05 Å². The minimum atomic E-state index is -1.12. The lowest BCUT2D eigenvalue weighted by Crippen LogP contribution is -2.32. The SMILES string of the molecule is Cc1c(NC(=O)C(C)OC(=O)c2ccc3ncoc3c2)c(=O)n(-c2ccccc2)n1C. The van der Waals surface area contributed by atoms with Crippen molar-refractivity contribution in [1.29, 1.82) is 0 Å². The Kier molecular flexibility index (Phi) is 5.16. The molecule has 0 radical (unpaired) electrons. The van der Waals surface area contributed by atoms with Crippen molar-refractivity contribution in [2.45, 2.75) is 20.0 Å². The van der Waals surface area contributed by atoms with Crippen molar-refractivity contribution in [1.82, 2.24) is 14.3 Å². The third kappa shape index (κ3) is 3.73. The van der Waals surface area contributed by atoms with Crippen LogP contribution in [-0.2, 0) is 16.6 Å². The van der Waals surface area contributed by atoms with Gasteiger partial charge in [-0.05, 0) is 44.2 Å². The van der Waals surface area contributed by atoms with Crippen LogP contribution in [0.4, 0.5) is 5.69 Å². The smallest absolute Gasteiger partial charge is 0.339 e. The first-order valence-corrected chi connectivity index (χ1v) is 9.56. The number of hydrogen-bond acceptors (Lipinski definition) is 6. The van der Waals surface area contributed by atoms with Gasteiger partial charge in [0.05, 0.1) is 16.9 Å². The van der Waals surface area contributed by atoms with Crippen LogP contribution in [-0.4, -0.2) is 32.3 Å². The van der Waals surface area contributed by atoms with Gasteiger partial charge in [0.25, 0.3) is 11.5 Å². The standard InChI is InChI=1S/C22H20N4O5/c1-13-19(21(28)26(25(13)3)16-7-5-4-6-8-16)24-20(27)14(2)31-22(29)15-9-10-17-18(11-15)30-12-23-17/h4-12,14H,1-3H3,(H,24,27). The number of amides is 1. The Balaban J connectivity index is 1.51. The highest BCUT2D eigenvalue weighted by Crippen LogP contribution is 2.17. The van der Waals surface area contributed by atoms with Gasteiger partial charge >= 0.3 is 5.97 Å². The number of carbonyl (C=O) groups is 2. The van der Waals surface area contributed by atoms with Crippen LogP contribution in [0.2, 0.25) is 0 Å².